The predicted molar refractivity (Wildman–Crippen MR) is 131 cm³/mol. The van der Waals surface area contributed by atoms with Crippen LogP contribution in [0.3, 0.4) is 0 Å². The molecule has 3 aromatic rings. The number of halogens is 3. The van der Waals surface area contributed by atoms with Gasteiger partial charge < -0.3 is 24.9 Å². The summed E-state index contributed by atoms with van der Waals surface area (Å²) in [5.41, 5.74) is 0.0640. The number of alkyl halides is 3. The summed E-state index contributed by atoms with van der Waals surface area (Å²) in [5.74, 6) is 1.59. The lowest BCUT2D eigenvalue weighted by Crippen LogP contribution is -2.40. The molecule has 0 aliphatic heterocycles. The number of aliphatic hydroxyl groups is 1. The van der Waals surface area contributed by atoms with E-state index in [1.165, 1.54) is 0 Å². The minimum atomic E-state index is -4.55. The number of aromatic nitrogens is 3. The lowest BCUT2D eigenvalue weighted by atomic mass is 9.86. The summed E-state index contributed by atoms with van der Waals surface area (Å²) < 4.78 is 50.8. The number of anilines is 2. The number of hydrogen-bond acceptors (Lipinski definition) is 8. The van der Waals surface area contributed by atoms with Gasteiger partial charge >= 0.3 is 6.18 Å². The Balaban J connectivity index is 1.75. The fraction of sp³-hybridized carbons (Fsp3) is 0.560. The van der Waals surface area contributed by atoms with E-state index < -0.39 is 11.9 Å². The second-order valence-electron chi connectivity index (χ2n) is 9.51. The molecule has 36 heavy (non-hydrogen) atoms. The first-order chi connectivity index (χ1) is 17.1. The number of aryl methyl sites for hydroxylation is 1. The van der Waals surface area contributed by atoms with Gasteiger partial charge in [0.25, 0.3) is 0 Å². The average molecular weight is 508 g/mol. The molecular formula is C25H32F3N5O3. The van der Waals surface area contributed by atoms with Gasteiger partial charge in [-0.3, -0.25) is 0 Å². The van der Waals surface area contributed by atoms with E-state index >= 15 is 0 Å². The highest BCUT2D eigenvalue weighted by Gasteiger charge is 2.43. The van der Waals surface area contributed by atoms with Crippen molar-refractivity contribution < 1.29 is 27.4 Å². The fourth-order valence-corrected chi connectivity index (χ4v) is 4.82. The number of ether oxygens (including phenoxy) is 1. The average Bonchev–Trinajstić information content (AvgIpc) is 3.36. The van der Waals surface area contributed by atoms with Crippen LogP contribution in [0.1, 0.15) is 45.0 Å². The molecule has 8 nitrogen and oxygen atoms in total. The molecule has 3 aromatic heterocycles. The number of furan rings is 1. The van der Waals surface area contributed by atoms with Crippen LogP contribution in [0.25, 0.3) is 22.3 Å². The van der Waals surface area contributed by atoms with E-state index in [1.54, 1.807) is 13.0 Å². The Morgan fingerprint density at radius 1 is 1.28 bits per heavy atom. The molecule has 11 heteroatoms. The fourth-order valence-electron chi connectivity index (χ4n) is 4.82. The minimum Gasteiger partial charge on any atom is -0.454 e. The molecule has 0 bridgehead atoms. The maximum absolute atomic E-state index is 13.2. The zero-order valence-corrected chi connectivity index (χ0v) is 20.9. The zero-order chi connectivity index (χ0) is 26.1. The summed E-state index contributed by atoms with van der Waals surface area (Å²) >= 11 is 0. The third-order valence-electron chi connectivity index (χ3n) is 7.15. The van der Waals surface area contributed by atoms with Crippen LogP contribution < -0.4 is 10.6 Å². The molecule has 0 radical (unpaired) electrons. The van der Waals surface area contributed by atoms with Crippen molar-refractivity contribution >= 4 is 22.7 Å². The number of pyridine rings is 1. The highest BCUT2D eigenvalue weighted by molar-refractivity contribution is 5.86. The predicted octanol–water partition coefficient (Wildman–Crippen LogP) is 5.27. The summed E-state index contributed by atoms with van der Waals surface area (Å²) in [7, 11) is 0. The van der Waals surface area contributed by atoms with Crippen LogP contribution in [0.5, 0.6) is 0 Å². The quantitative estimate of drug-likeness (QED) is 0.337. The van der Waals surface area contributed by atoms with Crippen LogP contribution in [-0.4, -0.2) is 52.0 Å². The molecule has 1 aliphatic carbocycles. The van der Waals surface area contributed by atoms with E-state index in [2.05, 4.69) is 34.4 Å². The van der Waals surface area contributed by atoms with Gasteiger partial charge in [-0.25, -0.2) is 9.97 Å². The molecule has 1 aliphatic rings. The first-order valence-electron chi connectivity index (χ1n) is 12.1. The second-order valence-corrected chi connectivity index (χ2v) is 9.51. The lowest BCUT2D eigenvalue weighted by molar-refractivity contribution is -0.141. The van der Waals surface area contributed by atoms with E-state index in [9.17, 15) is 18.3 Å². The Labute approximate surface area is 207 Å². The monoisotopic (exact) mass is 507 g/mol. The first kappa shape index (κ1) is 26.2. The lowest BCUT2D eigenvalue weighted by Gasteiger charge is -2.33. The van der Waals surface area contributed by atoms with Crippen LogP contribution in [0.4, 0.5) is 24.9 Å². The largest absolute Gasteiger partial charge is 0.454 e. The molecular weight excluding hydrogens is 475 g/mol. The Morgan fingerprint density at radius 2 is 2.06 bits per heavy atom. The van der Waals surface area contributed by atoms with Gasteiger partial charge in [0.15, 0.2) is 5.58 Å². The normalized spacial score (nSPS) is 22.3. The van der Waals surface area contributed by atoms with Crippen molar-refractivity contribution in [3.63, 3.8) is 0 Å². The molecule has 3 N–H and O–H groups in total. The first-order valence-corrected chi connectivity index (χ1v) is 12.1. The highest BCUT2D eigenvalue weighted by Crippen LogP contribution is 2.44. The van der Waals surface area contributed by atoms with E-state index in [-0.39, 0.29) is 35.0 Å². The minimum absolute atomic E-state index is 0.108. The van der Waals surface area contributed by atoms with Crippen molar-refractivity contribution in [2.45, 2.75) is 52.3 Å². The van der Waals surface area contributed by atoms with Crippen LogP contribution in [-0.2, 0) is 10.9 Å². The summed E-state index contributed by atoms with van der Waals surface area (Å²) in [5, 5.41) is 16.8. The van der Waals surface area contributed by atoms with Gasteiger partial charge in [-0.1, -0.05) is 6.92 Å². The van der Waals surface area contributed by atoms with E-state index in [1.807, 2.05) is 6.92 Å². The molecule has 3 unspecified atom stereocenters. The van der Waals surface area contributed by atoms with Gasteiger partial charge in [0.1, 0.15) is 17.3 Å². The van der Waals surface area contributed by atoms with Crippen molar-refractivity contribution in [2.24, 2.45) is 11.8 Å². The Hall–Kier alpha value is -2.92. The van der Waals surface area contributed by atoms with Crippen LogP contribution in [0, 0.1) is 18.8 Å². The topological polar surface area (TPSA) is 105 Å². The van der Waals surface area contributed by atoms with Crippen LogP contribution >= 0.6 is 0 Å². The maximum Gasteiger partial charge on any atom is 0.433 e. The third-order valence-corrected chi connectivity index (χ3v) is 7.15. The standard InChI is InChI=1S/C25H32F3N5O3/c1-5-35-9-8-29-23-31-15(3)21(22(32-23)33-24(4)7-6-16(13-34)14(24)2)18-10-17-11-20(25(26,27)28)30-12-19(17)36-18/h10-12,14,16,34H,5-9,13H2,1-4H3,(H2,29,31,32,33). The summed E-state index contributed by atoms with van der Waals surface area (Å²) in [6.45, 7) is 9.64. The van der Waals surface area contributed by atoms with Crippen LogP contribution in [0.2, 0.25) is 0 Å². The number of rotatable bonds is 9. The summed E-state index contributed by atoms with van der Waals surface area (Å²) in [4.78, 5) is 12.8. The second kappa shape index (κ2) is 10.2. The van der Waals surface area contributed by atoms with Crippen LogP contribution in [0.15, 0.2) is 22.7 Å². The maximum atomic E-state index is 13.2. The third kappa shape index (κ3) is 5.27. The van der Waals surface area contributed by atoms with Gasteiger partial charge in [-0.05, 0) is 57.6 Å². The van der Waals surface area contributed by atoms with Gasteiger partial charge in [0, 0.05) is 30.7 Å². The Kier molecular flexibility index (Phi) is 7.42. The SMILES string of the molecule is CCOCCNc1nc(C)c(-c2cc3cc(C(F)(F)F)ncc3o2)c(NC2(C)CCC(CO)C2C)n1. The van der Waals surface area contributed by atoms with Gasteiger partial charge in [-0.15, -0.1) is 0 Å². The van der Waals surface area contributed by atoms with Crippen molar-refractivity contribution in [3.8, 4) is 11.3 Å². The molecule has 0 aromatic carbocycles. The van der Waals surface area contributed by atoms with Gasteiger partial charge in [0.2, 0.25) is 5.95 Å². The van der Waals surface area contributed by atoms with Crippen molar-refractivity contribution in [2.75, 3.05) is 37.0 Å². The molecule has 0 spiro atoms. The molecule has 3 heterocycles. The van der Waals surface area contributed by atoms with E-state index in [4.69, 9.17) is 14.1 Å². The summed E-state index contributed by atoms with van der Waals surface area (Å²) in [6, 6.07) is 2.53. The highest BCUT2D eigenvalue weighted by atomic mass is 19.4. The Morgan fingerprint density at radius 3 is 2.72 bits per heavy atom. The molecule has 196 valence electrons. The van der Waals surface area contributed by atoms with Crippen molar-refractivity contribution in [1.29, 1.82) is 0 Å². The molecule has 3 atom stereocenters. The molecule has 1 fully saturated rings. The number of fused-ring (bicyclic) bond motifs is 1. The van der Waals surface area contributed by atoms with Crippen molar-refractivity contribution in [3.05, 3.63) is 29.7 Å². The molecule has 0 amide bonds. The molecule has 0 saturated heterocycles. The molecule has 4 rings (SSSR count). The van der Waals surface area contributed by atoms with Crippen molar-refractivity contribution in [1.82, 2.24) is 15.0 Å². The van der Waals surface area contributed by atoms with E-state index in [0.717, 1.165) is 25.1 Å². The number of nitrogens with zero attached hydrogens (tertiary/aromatic N) is 3. The number of nitrogens with one attached hydrogen (secondary N) is 2. The zero-order valence-electron chi connectivity index (χ0n) is 20.9. The number of hydrogen-bond donors (Lipinski definition) is 3. The van der Waals surface area contributed by atoms with Gasteiger partial charge in [-0.2, -0.15) is 18.2 Å². The Bertz CT molecular complexity index is 1220. The molecule has 1 saturated carbocycles. The van der Waals surface area contributed by atoms with E-state index in [0.29, 0.717) is 48.5 Å². The summed E-state index contributed by atoms with van der Waals surface area (Å²) in [6.07, 6.45) is -1.77. The smallest absolute Gasteiger partial charge is 0.433 e. The number of aliphatic hydroxyl groups excluding tert-OH is 1. The van der Waals surface area contributed by atoms with Gasteiger partial charge in [0.05, 0.1) is 24.1 Å².